The van der Waals surface area contributed by atoms with Gasteiger partial charge in [0.25, 0.3) is 5.91 Å². The number of rotatable bonds is 3. The van der Waals surface area contributed by atoms with E-state index in [2.05, 4.69) is 5.10 Å². The summed E-state index contributed by atoms with van der Waals surface area (Å²) in [6.45, 7) is 1.22. The van der Waals surface area contributed by atoms with Gasteiger partial charge in [-0.1, -0.05) is 12.8 Å². The maximum Gasteiger partial charge on any atom is 0.325 e. The average Bonchev–Trinajstić information content (AvgIpc) is 2.63. The van der Waals surface area contributed by atoms with E-state index in [1.165, 1.54) is 10.9 Å². The molecule has 1 N–H and O–H groups in total. The van der Waals surface area contributed by atoms with Crippen molar-refractivity contribution in [3.05, 3.63) is 18.0 Å². The van der Waals surface area contributed by atoms with Crippen molar-refractivity contribution >= 4 is 11.9 Å². The quantitative estimate of drug-likeness (QED) is 0.869. The molecule has 6 heteroatoms. The second kappa shape index (κ2) is 5.66. The van der Waals surface area contributed by atoms with Crippen molar-refractivity contribution in [2.24, 2.45) is 0 Å². The zero-order valence-electron chi connectivity index (χ0n) is 10.2. The van der Waals surface area contributed by atoms with Gasteiger partial charge in [-0.15, -0.1) is 0 Å². The van der Waals surface area contributed by atoms with Crippen molar-refractivity contribution in [3.63, 3.8) is 0 Å². The summed E-state index contributed by atoms with van der Waals surface area (Å²) in [7, 11) is 0. The van der Waals surface area contributed by atoms with E-state index in [0.29, 0.717) is 5.69 Å². The van der Waals surface area contributed by atoms with Crippen LogP contribution in [0.1, 0.15) is 36.2 Å². The molecule has 2 rings (SSSR count). The van der Waals surface area contributed by atoms with Crippen LogP contribution in [0.25, 0.3) is 0 Å². The van der Waals surface area contributed by atoms with Crippen LogP contribution in [0.3, 0.4) is 0 Å². The van der Waals surface area contributed by atoms with Crippen LogP contribution in [-0.2, 0) is 11.3 Å². The van der Waals surface area contributed by atoms with Gasteiger partial charge < -0.3 is 10.0 Å². The van der Waals surface area contributed by atoms with Gasteiger partial charge in [-0.25, -0.2) is 4.68 Å². The highest BCUT2D eigenvalue weighted by molar-refractivity contribution is 5.92. The topological polar surface area (TPSA) is 75.4 Å². The van der Waals surface area contributed by atoms with Gasteiger partial charge in [0.2, 0.25) is 0 Å². The molecular weight excluding hydrogens is 234 g/mol. The van der Waals surface area contributed by atoms with Gasteiger partial charge in [0.1, 0.15) is 12.2 Å². The van der Waals surface area contributed by atoms with E-state index in [0.717, 1.165) is 38.8 Å². The maximum absolute atomic E-state index is 12.3. The Hall–Kier alpha value is -1.85. The number of carbonyl (C=O) groups excluding carboxylic acids is 1. The molecule has 1 amide bonds. The predicted molar refractivity (Wildman–Crippen MR) is 64.2 cm³/mol. The van der Waals surface area contributed by atoms with Crippen LogP contribution < -0.4 is 0 Å². The molecule has 2 heterocycles. The van der Waals surface area contributed by atoms with Crippen LogP contribution in [-0.4, -0.2) is 44.8 Å². The minimum atomic E-state index is -0.997. The van der Waals surface area contributed by atoms with Crippen LogP contribution in [0.5, 0.6) is 0 Å². The molecule has 0 atom stereocenters. The summed E-state index contributed by atoms with van der Waals surface area (Å²) in [6.07, 6.45) is 5.79. The summed E-state index contributed by atoms with van der Waals surface area (Å²) in [4.78, 5) is 24.8. The van der Waals surface area contributed by atoms with Crippen molar-refractivity contribution in [1.82, 2.24) is 14.7 Å². The minimum Gasteiger partial charge on any atom is -0.480 e. The van der Waals surface area contributed by atoms with E-state index < -0.39 is 5.97 Å². The van der Waals surface area contributed by atoms with Crippen molar-refractivity contribution < 1.29 is 14.7 Å². The fourth-order valence-electron chi connectivity index (χ4n) is 2.20. The molecular formula is C12H17N3O3. The largest absolute Gasteiger partial charge is 0.480 e. The second-order valence-corrected chi connectivity index (χ2v) is 4.47. The van der Waals surface area contributed by atoms with Gasteiger partial charge in [0.15, 0.2) is 0 Å². The lowest BCUT2D eigenvalue weighted by molar-refractivity contribution is -0.137. The van der Waals surface area contributed by atoms with Crippen molar-refractivity contribution in [3.8, 4) is 0 Å². The highest BCUT2D eigenvalue weighted by atomic mass is 16.4. The van der Waals surface area contributed by atoms with Gasteiger partial charge in [0.05, 0.1) is 0 Å². The molecule has 1 saturated heterocycles. The van der Waals surface area contributed by atoms with Crippen LogP contribution in [0.15, 0.2) is 12.3 Å². The Labute approximate surface area is 105 Å². The molecule has 1 aliphatic rings. The third-order valence-electron chi connectivity index (χ3n) is 3.11. The van der Waals surface area contributed by atoms with Crippen molar-refractivity contribution in [2.45, 2.75) is 32.2 Å². The van der Waals surface area contributed by atoms with Crippen molar-refractivity contribution in [2.75, 3.05) is 13.1 Å². The Kier molecular flexibility index (Phi) is 3.96. The summed E-state index contributed by atoms with van der Waals surface area (Å²) >= 11 is 0. The first-order chi connectivity index (χ1) is 8.68. The molecule has 0 bridgehead atoms. The monoisotopic (exact) mass is 251 g/mol. The highest BCUT2D eigenvalue weighted by Crippen LogP contribution is 2.13. The second-order valence-electron chi connectivity index (χ2n) is 4.47. The van der Waals surface area contributed by atoms with Gasteiger partial charge in [0, 0.05) is 19.3 Å². The van der Waals surface area contributed by atoms with Crippen LogP contribution in [0.2, 0.25) is 0 Å². The first kappa shape index (κ1) is 12.6. The van der Waals surface area contributed by atoms with Gasteiger partial charge in [-0.2, -0.15) is 5.10 Å². The number of hydrogen-bond acceptors (Lipinski definition) is 3. The van der Waals surface area contributed by atoms with Gasteiger partial charge in [-0.05, 0) is 18.9 Å². The van der Waals surface area contributed by atoms with Crippen molar-refractivity contribution in [1.29, 1.82) is 0 Å². The minimum absolute atomic E-state index is 0.115. The number of likely N-dealkylation sites (tertiary alicyclic amines) is 1. The van der Waals surface area contributed by atoms with E-state index in [1.807, 2.05) is 0 Å². The summed E-state index contributed by atoms with van der Waals surface area (Å²) < 4.78 is 1.25. The smallest absolute Gasteiger partial charge is 0.325 e. The van der Waals surface area contributed by atoms with E-state index in [1.54, 1.807) is 11.0 Å². The standard InChI is InChI=1S/C12H17N3O3/c16-11(17)9-15-10(5-6-13-15)12(18)14-7-3-1-2-4-8-14/h5-6H,1-4,7-9H2,(H,16,17). The first-order valence-electron chi connectivity index (χ1n) is 6.21. The number of amides is 1. The van der Waals surface area contributed by atoms with E-state index in [-0.39, 0.29) is 12.5 Å². The Morgan fingerprint density at radius 3 is 2.50 bits per heavy atom. The number of hydrogen-bond donors (Lipinski definition) is 1. The fourth-order valence-corrected chi connectivity index (χ4v) is 2.20. The lowest BCUT2D eigenvalue weighted by Crippen LogP contribution is -2.34. The Morgan fingerprint density at radius 2 is 1.89 bits per heavy atom. The molecule has 0 radical (unpaired) electrons. The third kappa shape index (κ3) is 2.88. The van der Waals surface area contributed by atoms with E-state index >= 15 is 0 Å². The molecule has 98 valence electrons. The van der Waals surface area contributed by atoms with Crippen LogP contribution in [0.4, 0.5) is 0 Å². The van der Waals surface area contributed by atoms with Crippen LogP contribution >= 0.6 is 0 Å². The molecule has 1 aliphatic heterocycles. The summed E-state index contributed by atoms with van der Waals surface area (Å²) in [5.74, 6) is -1.11. The average molecular weight is 251 g/mol. The van der Waals surface area contributed by atoms with E-state index in [4.69, 9.17) is 5.11 Å². The molecule has 18 heavy (non-hydrogen) atoms. The predicted octanol–water partition coefficient (Wildman–Crippen LogP) is 0.984. The maximum atomic E-state index is 12.3. The Bertz CT molecular complexity index is 434. The van der Waals surface area contributed by atoms with Crippen LogP contribution in [0, 0.1) is 0 Å². The number of aliphatic carboxylic acids is 1. The Morgan fingerprint density at radius 1 is 1.22 bits per heavy atom. The highest BCUT2D eigenvalue weighted by Gasteiger charge is 2.21. The molecule has 6 nitrogen and oxygen atoms in total. The molecule has 0 aromatic carbocycles. The number of carboxylic acids is 1. The number of carboxylic acid groups (broad SMARTS) is 1. The number of nitrogens with zero attached hydrogens (tertiary/aromatic N) is 3. The SMILES string of the molecule is O=C(O)Cn1nccc1C(=O)N1CCCCCC1. The third-order valence-corrected chi connectivity index (χ3v) is 3.11. The number of aromatic nitrogens is 2. The fraction of sp³-hybridized carbons (Fsp3) is 0.583. The lowest BCUT2D eigenvalue weighted by atomic mass is 10.2. The zero-order chi connectivity index (χ0) is 13.0. The summed E-state index contributed by atoms with van der Waals surface area (Å²) in [5, 5.41) is 12.6. The lowest BCUT2D eigenvalue weighted by Gasteiger charge is -2.20. The molecule has 1 fully saturated rings. The molecule has 1 aromatic heterocycles. The molecule has 1 aromatic rings. The number of carbonyl (C=O) groups is 2. The van der Waals surface area contributed by atoms with E-state index in [9.17, 15) is 9.59 Å². The molecule has 0 saturated carbocycles. The zero-order valence-corrected chi connectivity index (χ0v) is 10.2. The summed E-state index contributed by atoms with van der Waals surface area (Å²) in [5.41, 5.74) is 0.360. The Balaban J connectivity index is 2.12. The van der Waals surface area contributed by atoms with Gasteiger partial charge >= 0.3 is 5.97 Å². The van der Waals surface area contributed by atoms with Gasteiger partial charge in [-0.3, -0.25) is 9.59 Å². The molecule has 0 unspecified atom stereocenters. The first-order valence-corrected chi connectivity index (χ1v) is 6.21. The molecule has 0 spiro atoms. The molecule has 0 aliphatic carbocycles. The summed E-state index contributed by atoms with van der Waals surface area (Å²) in [6, 6.07) is 1.58. The normalized spacial score (nSPS) is 16.3.